The number of hydrogen-bond acceptors (Lipinski definition) is 6. The molecule has 0 aliphatic carbocycles. The normalized spacial score (nSPS) is 16.6. The lowest BCUT2D eigenvalue weighted by molar-refractivity contribution is -0.120. The maximum Gasteiger partial charge on any atom is 0.231 e. The van der Waals surface area contributed by atoms with Crippen molar-refractivity contribution in [3.63, 3.8) is 0 Å². The van der Waals surface area contributed by atoms with Crippen molar-refractivity contribution in [2.24, 2.45) is 5.92 Å². The Kier molecular flexibility index (Phi) is 4.85. The molecule has 1 unspecified atom stereocenters. The molecule has 0 bridgehead atoms. The number of hydrogen-bond donors (Lipinski definition) is 2. The van der Waals surface area contributed by atoms with Crippen molar-refractivity contribution in [2.45, 2.75) is 26.7 Å². The number of piperidine rings is 1. The standard InChI is InChI=1S/C22H24N8O/c1-14-10-15(2)30(28-14)20-11-19(23-13-24-20)29-9-5-6-16(12-29)21(31)27-22-25-17-7-3-4-8-18(17)26-22/h3-4,7-8,10-11,13,16H,5-6,9,12H2,1-2H3,(H2,25,26,27,31). The van der Waals surface area contributed by atoms with Gasteiger partial charge in [0, 0.05) is 24.8 Å². The average molecular weight is 416 g/mol. The zero-order valence-electron chi connectivity index (χ0n) is 17.5. The highest BCUT2D eigenvalue weighted by Crippen LogP contribution is 2.24. The molecule has 0 radical (unpaired) electrons. The summed E-state index contributed by atoms with van der Waals surface area (Å²) < 4.78 is 1.82. The molecule has 0 saturated carbocycles. The Morgan fingerprint density at radius 3 is 2.81 bits per heavy atom. The van der Waals surface area contributed by atoms with Crippen LogP contribution in [0.1, 0.15) is 24.2 Å². The summed E-state index contributed by atoms with van der Waals surface area (Å²) in [7, 11) is 0. The number of imidazole rings is 1. The molecule has 9 heteroatoms. The summed E-state index contributed by atoms with van der Waals surface area (Å²) in [6.07, 6.45) is 3.30. The number of carbonyl (C=O) groups excluding carboxylic acids is 1. The van der Waals surface area contributed by atoms with Crippen LogP contribution in [0.5, 0.6) is 0 Å². The van der Waals surface area contributed by atoms with Gasteiger partial charge < -0.3 is 9.88 Å². The van der Waals surface area contributed by atoms with E-state index in [4.69, 9.17) is 0 Å². The number of benzene rings is 1. The number of H-pyrrole nitrogens is 1. The number of aromatic amines is 1. The van der Waals surface area contributed by atoms with E-state index in [-0.39, 0.29) is 11.8 Å². The third kappa shape index (κ3) is 3.86. The number of nitrogens with zero attached hydrogens (tertiary/aromatic N) is 6. The molecule has 1 aliphatic heterocycles. The van der Waals surface area contributed by atoms with Crippen LogP contribution in [0.3, 0.4) is 0 Å². The fraction of sp³-hybridized carbons (Fsp3) is 0.318. The van der Waals surface area contributed by atoms with Crippen molar-refractivity contribution in [1.29, 1.82) is 0 Å². The Morgan fingerprint density at radius 1 is 1.16 bits per heavy atom. The van der Waals surface area contributed by atoms with Crippen molar-refractivity contribution in [3.8, 4) is 5.82 Å². The minimum Gasteiger partial charge on any atom is -0.356 e. The number of fused-ring (bicyclic) bond motifs is 1. The first kappa shape index (κ1) is 19.2. The van der Waals surface area contributed by atoms with Crippen molar-refractivity contribution >= 4 is 28.7 Å². The van der Waals surface area contributed by atoms with Gasteiger partial charge in [-0.2, -0.15) is 5.10 Å². The van der Waals surface area contributed by atoms with Crippen molar-refractivity contribution in [2.75, 3.05) is 23.3 Å². The quantitative estimate of drug-likeness (QED) is 0.530. The molecule has 5 rings (SSSR count). The van der Waals surface area contributed by atoms with Gasteiger partial charge in [0.2, 0.25) is 11.9 Å². The third-order valence-corrected chi connectivity index (χ3v) is 5.61. The van der Waals surface area contributed by atoms with Crippen LogP contribution >= 0.6 is 0 Å². The van der Waals surface area contributed by atoms with E-state index < -0.39 is 0 Å². The van der Waals surface area contributed by atoms with E-state index >= 15 is 0 Å². The molecule has 4 aromatic rings. The molecule has 3 aromatic heterocycles. The van der Waals surface area contributed by atoms with E-state index in [1.54, 1.807) is 6.33 Å². The molecule has 0 spiro atoms. The van der Waals surface area contributed by atoms with Crippen LogP contribution in [-0.4, -0.2) is 48.7 Å². The van der Waals surface area contributed by atoms with Crippen molar-refractivity contribution in [1.82, 2.24) is 29.7 Å². The zero-order valence-corrected chi connectivity index (χ0v) is 17.5. The minimum atomic E-state index is -0.144. The smallest absolute Gasteiger partial charge is 0.231 e. The Labute approximate surface area is 179 Å². The van der Waals surface area contributed by atoms with Gasteiger partial charge in [-0.25, -0.2) is 19.6 Å². The van der Waals surface area contributed by atoms with Gasteiger partial charge in [-0.05, 0) is 44.9 Å². The van der Waals surface area contributed by atoms with Crippen LogP contribution in [0.4, 0.5) is 11.8 Å². The number of nitrogens with one attached hydrogen (secondary N) is 2. The van der Waals surface area contributed by atoms with E-state index in [2.05, 4.69) is 35.3 Å². The molecule has 1 aromatic carbocycles. The first-order chi connectivity index (χ1) is 15.1. The van der Waals surface area contributed by atoms with E-state index in [0.717, 1.165) is 53.4 Å². The topological polar surface area (TPSA) is 105 Å². The number of amides is 1. The lowest BCUT2D eigenvalue weighted by Crippen LogP contribution is -2.41. The second-order valence-corrected chi connectivity index (χ2v) is 7.95. The van der Waals surface area contributed by atoms with Crippen molar-refractivity contribution in [3.05, 3.63) is 54.1 Å². The highest BCUT2D eigenvalue weighted by Gasteiger charge is 2.27. The van der Waals surface area contributed by atoms with Gasteiger partial charge in [0.05, 0.1) is 22.6 Å². The lowest BCUT2D eigenvalue weighted by Gasteiger charge is -2.32. The summed E-state index contributed by atoms with van der Waals surface area (Å²) in [5.41, 5.74) is 3.70. The molecule has 31 heavy (non-hydrogen) atoms. The lowest BCUT2D eigenvalue weighted by atomic mass is 9.97. The first-order valence-electron chi connectivity index (χ1n) is 10.4. The Morgan fingerprint density at radius 2 is 2.00 bits per heavy atom. The molecule has 2 N–H and O–H groups in total. The molecular weight excluding hydrogens is 392 g/mol. The molecule has 1 saturated heterocycles. The van der Waals surface area contributed by atoms with Gasteiger partial charge in [-0.15, -0.1) is 0 Å². The predicted molar refractivity (Wildman–Crippen MR) is 118 cm³/mol. The summed E-state index contributed by atoms with van der Waals surface area (Å²) in [6, 6.07) is 11.7. The largest absolute Gasteiger partial charge is 0.356 e. The maximum atomic E-state index is 12.9. The molecule has 1 atom stereocenters. The van der Waals surface area contributed by atoms with Gasteiger partial charge in [-0.1, -0.05) is 12.1 Å². The van der Waals surface area contributed by atoms with Crippen LogP contribution in [0.15, 0.2) is 42.7 Å². The van der Waals surface area contributed by atoms with Gasteiger partial charge in [0.15, 0.2) is 5.82 Å². The summed E-state index contributed by atoms with van der Waals surface area (Å²) in [5, 5.41) is 7.45. The molecule has 1 fully saturated rings. The molecule has 9 nitrogen and oxygen atoms in total. The molecule has 158 valence electrons. The van der Waals surface area contributed by atoms with Crippen LogP contribution < -0.4 is 10.2 Å². The molecule has 1 aliphatic rings. The van der Waals surface area contributed by atoms with Gasteiger partial charge in [-0.3, -0.25) is 10.1 Å². The third-order valence-electron chi connectivity index (χ3n) is 5.61. The summed E-state index contributed by atoms with van der Waals surface area (Å²) in [5.74, 6) is 1.84. The number of aryl methyl sites for hydroxylation is 2. The van der Waals surface area contributed by atoms with Crippen LogP contribution in [0, 0.1) is 19.8 Å². The van der Waals surface area contributed by atoms with Crippen LogP contribution in [0.25, 0.3) is 16.9 Å². The van der Waals surface area contributed by atoms with Crippen molar-refractivity contribution < 1.29 is 4.79 Å². The predicted octanol–water partition coefficient (Wildman–Crippen LogP) is 3.01. The fourth-order valence-electron chi connectivity index (χ4n) is 4.12. The van der Waals surface area contributed by atoms with E-state index in [1.165, 1.54) is 0 Å². The number of para-hydroxylation sites is 2. The zero-order chi connectivity index (χ0) is 21.4. The Balaban J connectivity index is 1.31. The Hall–Kier alpha value is -3.75. The number of anilines is 2. The minimum absolute atomic E-state index is 0.0309. The van der Waals surface area contributed by atoms with Gasteiger partial charge in [0.25, 0.3) is 0 Å². The van der Waals surface area contributed by atoms with Gasteiger partial charge in [0.1, 0.15) is 12.1 Å². The highest BCUT2D eigenvalue weighted by molar-refractivity contribution is 5.93. The molecular formula is C22H24N8O. The number of aromatic nitrogens is 6. The van der Waals surface area contributed by atoms with E-state index in [0.29, 0.717) is 12.5 Å². The summed E-state index contributed by atoms with van der Waals surface area (Å²) in [6.45, 7) is 5.41. The van der Waals surface area contributed by atoms with E-state index in [9.17, 15) is 4.79 Å². The first-order valence-corrected chi connectivity index (χ1v) is 10.4. The fourth-order valence-corrected chi connectivity index (χ4v) is 4.12. The monoisotopic (exact) mass is 416 g/mol. The molecule has 1 amide bonds. The number of rotatable bonds is 4. The van der Waals surface area contributed by atoms with Crippen LogP contribution in [0.2, 0.25) is 0 Å². The number of carbonyl (C=O) groups is 1. The second-order valence-electron chi connectivity index (χ2n) is 7.95. The van der Waals surface area contributed by atoms with Crippen LogP contribution in [-0.2, 0) is 4.79 Å². The average Bonchev–Trinajstić information content (AvgIpc) is 3.35. The van der Waals surface area contributed by atoms with Gasteiger partial charge >= 0.3 is 0 Å². The maximum absolute atomic E-state index is 12.9. The van der Waals surface area contributed by atoms with E-state index in [1.807, 2.05) is 54.9 Å². The SMILES string of the molecule is Cc1cc(C)n(-c2cc(N3CCCC(C(=O)Nc4nc5ccccc5[nH]4)C3)ncn2)n1. The summed E-state index contributed by atoms with van der Waals surface area (Å²) >= 11 is 0. The summed E-state index contributed by atoms with van der Waals surface area (Å²) in [4.78, 5) is 31.5. The highest BCUT2D eigenvalue weighted by atomic mass is 16.2. The Bertz CT molecular complexity index is 1210. The molecule has 4 heterocycles. The second kappa shape index (κ2) is 7.82.